The van der Waals surface area contributed by atoms with Crippen LogP contribution in [-0.4, -0.2) is 10.9 Å². The standard InChI is InChI=1S/C17H12Br2O3/c1-2-9-11(7-13(18)17(21)15(9)19)16(20)12-8-22-14-6-4-3-5-10(12)14/h3-8,21H,2H2,1H3. The van der Waals surface area contributed by atoms with Crippen LogP contribution in [0.15, 0.2) is 50.0 Å². The highest BCUT2D eigenvalue weighted by Gasteiger charge is 2.22. The summed E-state index contributed by atoms with van der Waals surface area (Å²) in [5.41, 5.74) is 2.53. The van der Waals surface area contributed by atoms with Gasteiger partial charge in [-0.1, -0.05) is 25.1 Å². The molecule has 3 aromatic rings. The van der Waals surface area contributed by atoms with Gasteiger partial charge in [0.25, 0.3) is 0 Å². The maximum atomic E-state index is 12.9. The second-order valence-corrected chi connectivity index (χ2v) is 6.52. The summed E-state index contributed by atoms with van der Waals surface area (Å²) in [6.07, 6.45) is 2.11. The largest absolute Gasteiger partial charge is 0.506 e. The maximum Gasteiger partial charge on any atom is 0.197 e. The molecule has 22 heavy (non-hydrogen) atoms. The molecule has 0 aliphatic rings. The van der Waals surface area contributed by atoms with Crippen LogP contribution in [0.5, 0.6) is 5.75 Å². The number of hydrogen-bond donors (Lipinski definition) is 1. The maximum absolute atomic E-state index is 12.9. The Labute approximate surface area is 144 Å². The van der Waals surface area contributed by atoms with Crippen LogP contribution in [0.2, 0.25) is 0 Å². The molecule has 0 spiro atoms. The van der Waals surface area contributed by atoms with Crippen LogP contribution in [0.1, 0.15) is 28.4 Å². The SMILES string of the molecule is CCc1c(C(=O)c2coc3ccccc23)cc(Br)c(O)c1Br. The third-order valence-electron chi connectivity index (χ3n) is 3.62. The number of ketones is 1. The number of rotatable bonds is 3. The minimum absolute atomic E-state index is 0.102. The summed E-state index contributed by atoms with van der Waals surface area (Å²) in [5, 5.41) is 10.8. The van der Waals surface area contributed by atoms with Crippen molar-refractivity contribution in [1.82, 2.24) is 0 Å². The van der Waals surface area contributed by atoms with Crippen LogP contribution >= 0.6 is 31.9 Å². The van der Waals surface area contributed by atoms with Crippen molar-refractivity contribution in [2.45, 2.75) is 13.3 Å². The molecule has 1 N–H and O–H groups in total. The molecule has 0 atom stereocenters. The minimum atomic E-state index is -0.122. The van der Waals surface area contributed by atoms with Crippen LogP contribution in [-0.2, 0) is 6.42 Å². The van der Waals surface area contributed by atoms with Crippen molar-refractivity contribution in [1.29, 1.82) is 0 Å². The summed E-state index contributed by atoms with van der Waals surface area (Å²) in [4.78, 5) is 12.9. The normalized spacial score (nSPS) is 11.0. The van der Waals surface area contributed by atoms with E-state index in [9.17, 15) is 9.90 Å². The van der Waals surface area contributed by atoms with Crippen molar-refractivity contribution in [3.63, 3.8) is 0 Å². The molecule has 2 aromatic carbocycles. The number of benzene rings is 2. The Balaban J connectivity index is 2.21. The highest BCUT2D eigenvalue weighted by Crippen LogP contribution is 2.38. The molecular formula is C17H12Br2O3. The molecule has 3 rings (SSSR count). The Morgan fingerprint density at radius 3 is 2.68 bits per heavy atom. The first-order valence-electron chi connectivity index (χ1n) is 6.75. The van der Waals surface area contributed by atoms with Gasteiger partial charge in [0.05, 0.1) is 14.5 Å². The molecule has 112 valence electrons. The molecule has 3 nitrogen and oxygen atoms in total. The zero-order chi connectivity index (χ0) is 15.9. The van der Waals surface area contributed by atoms with Crippen molar-refractivity contribution >= 4 is 48.6 Å². The lowest BCUT2D eigenvalue weighted by Crippen LogP contribution is -2.06. The number of fused-ring (bicyclic) bond motifs is 1. The van der Waals surface area contributed by atoms with Crippen molar-refractivity contribution in [3.05, 3.63) is 62.2 Å². The summed E-state index contributed by atoms with van der Waals surface area (Å²) < 4.78 is 6.48. The van der Waals surface area contributed by atoms with E-state index in [-0.39, 0.29) is 11.5 Å². The predicted molar refractivity (Wildman–Crippen MR) is 92.5 cm³/mol. The zero-order valence-corrected chi connectivity index (χ0v) is 14.9. The van der Waals surface area contributed by atoms with E-state index >= 15 is 0 Å². The monoisotopic (exact) mass is 422 g/mol. The number of aromatic hydroxyl groups is 1. The summed E-state index contributed by atoms with van der Waals surface area (Å²) in [7, 11) is 0. The molecule has 0 saturated carbocycles. The molecule has 0 saturated heterocycles. The molecule has 5 heteroatoms. The van der Waals surface area contributed by atoms with Crippen LogP contribution in [0.25, 0.3) is 11.0 Å². The first-order valence-corrected chi connectivity index (χ1v) is 8.34. The molecule has 1 heterocycles. The molecule has 0 aliphatic carbocycles. The quantitative estimate of drug-likeness (QED) is 0.569. The molecule has 0 amide bonds. The van der Waals surface area contributed by atoms with Crippen LogP contribution in [0.4, 0.5) is 0 Å². The van der Waals surface area contributed by atoms with Gasteiger partial charge >= 0.3 is 0 Å². The fourth-order valence-electron chi connectivity index (χ4n) is 2.50. The molecule has 0 unspecified atom stereocenters. The Morgan fingerprint density at radius 2 is 1.95 bits per heavy atom. The Morgan fingerprint density at radius 1 is 1.23 bits per heavy atom. The van der Waals surface area contributed by atoms with Crippen LogP contribution < -0.4 is 0 Å². The van der Waals surface area contributed by atoms with E-state index in [0.717, 1.165) is 10.9 Å². The number of hydrogen-bond acceptors (Lipinski definition) is 3. The fraction of sp³-hybridized carbons (Fsp3) is 0.118. The number of phenolic OH excluding ortho intramolecular Hbond substituents is 1. The number of carbonyl (C=O) groups excluding carboxylic acids is 1. The zero-order valence-electron chi connectivity index (χ0n) is 11.7. The molecular weight excluding hydrogens is 412 g/mol. The minimum Gasteiger partial charge on any atom is -0.506 e. The van der Waals surface area contributed by atoms with Gasteiger partial charge in [-0.15, -0.1) is 0 Å². The Hall–Kier alpha value is -1.59. The predicted octanol–water partition coefficient (Wildman–Crippen LogP) is 5.46. The summed E-state index contributed by atoms with van der Waals surface area (Å²) in [6.45, 7) is 1.94. The van der Waals surface area contributed by atoms with E-state index in [4.69, 9.17) is 4.42 Å². The molecule has 1 aromatic heterocycles. The summed E-state index contributed by atoms with van der Waals surface area (Å²) >= 11 is 6.65. The van der Waals surface area contributed by atoms with Crippen molar-refractivity contribution < 1.29 is 14.3 Å². The number of para-hydroxylation sites is 1. The smallest absolute Gasteiger partial charge is 0.197 e. The van der Waals surface area contributed by atoms with E-state index in [0.29, 0.717) is 32.1 Å². The highest BCUT2D eigenvalue weighted by atomic mass is 79.9. The second kappa shape index (κ2) is 5.89. The van der Waals surface area contributed by atoms with Gasteiger partial charge in [0.1, 0.15) is 17.6 Å². The van der Waals surface area contributed by atoms with E-state index in [1.54, 1.807) is 6.07 Å². The van der Waals surface area contributed by atoms with E-state index in [1.165, 1.54) is 6.26 Å². The summed E-state index contributed by atoms with van der Waals surface area (Å²) in [6, 6.07) is 9.09. The topological polar surface area (TPSA) is 50.4 Å². The third-order valence-corrected chi connectivity index (χ3v) is 5.08. The molecule has 0 bridgehead atoms. The second-order valence-electron chi connectivity index (χ2n) is 4.88. The third kappa shape index (κ3) is 2.38. The van der Waals surface area contributed by atoms with Gasteiger partial charge in [-0.05, 0) is 56.0 Å². The van der Waals surface area contributed by atoms with Gasteiger partial charge < -0.3 is 9.52 Å². The van der Waals surface area contributed by atoms with E-state index in [1.807, 2.05) is 31.2 Å². The van der Waals surface area contributed by atoms with Crippen molar-refractivity contribution in [2.75, 3.05) is 0 Å². The van der Waals surface area contributed by atoms with Gasteiger partial charge in [-0.2, -0.15) is 0 Å². The Kier molecular flexibility index (Phi) is 4.10. The van der Waals surface area contributed by atoms with Gasteiger partial charge in [0.2, 0.25) is 0 Å². The lowest BCUT2D eigenvalue weighted by atomic mass is 9.96. The molecule has 0 fully saturated rings. The van der Waals surface area contributed by atoms with Gasteiger partial charge in [-0.25, -0.2) is 0 Å². The van der Waals surface area contributed by atoms with Gasteiger partial charge in [-0.3, -0.25) is 4.79 Å². The van der Waals surface area contributed by atoms with Gasteiger partial charge in [0, 0.05) is 10.9 Å². The molecule has 0 radical (unpaired) electrons. The fourth-order valence-corrected chi connectivity index (χ4v) is 3.90. The number of halogens is 2. The first-order chi connectivity index (χ1) is 10.5. The molecule has 0 aliphatic heterocycles. The highest BCUT2D eigenvalue weighted by molar-refractivity contribution is 9.11. The lowest BCUT2D eigenvalue weighted by molar-refractivity contribution is 0.103. The average molecular weight is 424 g/mol. The van der Waals surface area contributed by atoms with Crippen molar-refractivity contribution in [3.8, 4) is 5.75 Å². The van der Waals surface area contributed by atoms with E-state index in [2.05, 4.69) is 31.9 Å². The van der Waals surface area contributed by atoms with E-state index < -0.39 is 0 Å². The Bertz CT molecular complexity index is 881. The number of furan rings is 1. The summed E-state index contributed by atoms with van der Waals surface area (Å²) in [5.74, 6) is -0.0198. The van der Waals surface area contributed by atoms with Crippen LogP contribution in [0.3, 0.4) is 0 Å². The lowest BCUT2D eigenvalue weighted by Gasteiger charge is -2.12. The number of phenols is 1. The van der Waals surface area contributed by atoms with Crippen LogP contribution in [0, 0.1) is 0 Å². The number of carbonyl (C=O) groups is 1. The van der Waals surface area contributed by atoms with Crippen molar-refractivity contribution in [2.24, 2.45) is 0 Å². The van der Waals surface area contributed by atoms with Gasteiger partial charge in [0.15, 0.2) is 5.78 Å². The average Bonchev–Trinajstić information content (AvgIpc) is 2.95. The first kappa shape index (κ1) is 15.3.